The van der Waals surface area contributed by atoms with Crippen LogP contribution >= 0.6 is 0 Å². The van der Waals surface area contributed by atoms with Gasteiger partial charge in [0.15, 0.2) is 0 Å². The summed E-state index contributed by atoms with van der Waals surface area (Å²) in [5.41, 5.74) is 5.62. The number of aromatic amines is 1. The second-order valence-corrected chi connectivity index (χ2v) is 5.68. The van der Waals surface area contributed by atoms with Crippen molar-refractivity contribution in [2.75, 3.05) is 5.32 Å². The van der Waals surface area contributed by atoms with Gasteiger partial charge < -0.3 is 10.3 Å². The molecule has 0 spiro atoms. The monoisotopic (exact) mass is 276 g/mol. The van der Waals surface area contributed by atoms with Crippen LogP contribution in [0.4, 0.5) is 5.69 Å². The third-order valence-electron chi connectivity index (χ3n) is 4.30. The van der Waals surface area contributed by atoms with Crippen LogP contribution in [-0.2, 0) is 11.2 Å². The van der Waals surface area contributed by atoms with Crippen molar-refractivity contribution in [1.82, 2.24) is 4.98 Å². The van der Waals surface area contributed by atoms with E-state index in [9.17, 15) is 4.79 Å². The van der Waals surface area contributed by atoms with Crippen molar-refractivity contribution >= 4 is 22.5 Å². The highest BCUT2D eigenvalue weighted by Crippen LogP contribution is 2.37. The molecule has 0 bridgehead atoms. The van der Waals surface area contributed by atoms with E-state index in [4.69, 9.17) is 0 Å². The lowest BCUT2D eigenvalue weighted by Crippen LogP contribution is -2.14. The average molecular weight is 276 g/mol. The molecule has 104 valence electrons. The Bertz CT molecular complexity index is 847. The highest BCUT2D eigenvalue weighted by atomic mass is 16.2. The molecule has 3 nitrogen and oxygen atoms in total. The van der Waals surface area contributed by atoms with Crippen LogP contribution in [0.3, 0.4) is 0 Å². The lowest BCUT2D eigenvalue weighted by atomic mass is 9.90. The maximum atomic E-state index is 12.3. The van der Waals surface area contributed by atoms with E-state index in [1.807, 2.05) is 18.3 Å². The maximum Gasteiger partial charge on any atom is 0.232 e. The van der Waals surface area contributed by atoms with Gasteiger partial charge in [-0.1, -0.05) is 18.2 Å². The number of hydrogen-bond acceptors (Lipinski definition) is 1. The van der Waals surface area contributed by atoms with Gasteiger partial charge in [0.25, 0.3) is 0 Å². The van der Waals surface area contributed by atoms with Crippen LogP contribution < -0.4 is 5.32 Å². The number of benzene rings is 2. The minimum Gasteiger partial charge on any atom is -0.361 e. The number of aryl methyl sites for hydroxylation is 1. The first-order valence-corrected chi connectivity index (χ1v) is 7.19. The van der Waals surface area contributed by atoms with Crippen LogP contribution in [0.25, 0.3) is 10.9 Å². The minimum atomic E-state index is -0.0856. The molecule has 1 atom stereocenters. The summed E-state index contributed by atoms with van der Waals surface area (Å²) >= 11 is 0. The van der Waals surface area contributed by atoms with Gasteiger partial charge in [0.1, 0.15) is 0 Å². The molecule has 0 saturated carbocycles. The van der Waals surface area contributed by atoms with Crippen molar-refractivity contribution in [1.29, 1.82) is 0 Å². The van der Waals surface area contributed by atoms with Crippen molar-refractivity contribution in [2.45, 2.75) is 19.3 Å². The average Bonchev–Trinajstić information content (AvgIpc) is 3.04. The molecular weight excluding hydrogens is 260 g/mol. The van der Waals surface area contributed by atoms with Gasteiger partial charge >= 0.3 is 0 Å². The Balaban J connectivity index is 1.73. The molecule has 2 N–H and O–H groups in total. The predicted octanol–water partition coefficient (Wildman–Crippen LogP) is 3.75. The Hall–Kier alpha value is -2.55. The quantitative estimate of drug-likeness (QED) is 0.735. The molecule has 1 aromatic heterocycles. The molecule has 3 aromatic rings. The van der Waals surface area contributed by atoms with Crippen molar-refractivity contribution < 1.29 is 4.79 Å². The Morgan fingerprint density at radius 3 is 2.95 bits per heavy atom. The van der Waals surface area contributed by atoms with Crippen molar-refractivity contribution in [3.8, 4) is 0 Å². The molecule has 1 amide bonds. The van der Waals surface area contributed by atoms with E-state index < -0.39 is 0 Å². The predicted molar refractivity (Wildman–Crippen MR) is 84.6 cm³/mol. The van der Waals surface area contributed by atoms with E-state index >= 15 is 0 Å². The number of carbonyl (C=O) groups is 1. The number of anilines is 1. The number of amides is 1. The summed E-state index contributed by atoms with van der Waals surface area (Å²) in [4.78, 5) is 15.5. The van der Waals surface area contributed by atoms with Gasteiger partial charge in [-0.3, -0.25) is 4.79 Å². The van der Waals surface area contributed by atoms with Crippen LogP contribution in [0.2, 0.25) is 0 Å². The van der Waals surface area contributed by atoms with Crippen LogP contribution in [0.1, 0.15) is 22.6 Å². The molecule has 0 fully saturated rings. The summed E-state index contributed by atoms with van der Waals surface area (Å²) in [6.45, 7) is 2.07. The number of rotatable bonds is 2. The van der Waals surface area contributed by atoms with E-state index in [0.717, 1.165) is 23.2 Å². The Kier molecular flexibility index (Phi) is 2.61. The summed E-state index contributed by atoms with van der Waals surface area (Å²) in [5.74, 6) is 0.0195. The number of nitrogens with one attached hydrogen (secondary N) is 2. The summed E-state index contributed by atoms with van der Waals surface area (Å²) in [6.07, 6.45) is 2.68. The first-order valence-electron chi connectivity index (χ1n) is 7.19. The molecular formula is C18H16N2O. The normalized spacial score (nSPS) is 17.0. The Morgan fingerprint density at radius 1 is 1.14 bits per heavy atom. The topological polar surface area (TPSA) is 44.9 Å². The largest absolute Gasteiger partial charge is 0.361 e. The fraction of sp³-hybridized carbons (Fsp3) is 0.167. The molecule has 1 unspecified atom stereocenters. The number of carbonyl (C=O) groups excluding carboxylic acids is 1. The van der Waals surface area contributed by atoms with Crippen LogP contribution in [-0.4, -0.2) is 10.9 Å². The van der Waals surface area contributed by atoms with Crippen LogP contribution in [0.15, 0.2) is 48.7 Å². The van der Waals surface area contributed by atoms with Crippen molar-refractivity contribution in [3.63, 3.8) is 0 Å². The molecule has 2 aromatic carbocycles. The summed E-state index contributed by atoms with van der Waals surface area (Å²) < 4.78 is 0. The first-order chi connectivity index (χ1) is 10.2. The number of hydrogen-bond donors (Lipinski definition) is 2. The van der Waals surface area contributed by atoms with E-state index in [1.54, 1.807) is 0 Å². The summed E-state index contributed by atoms with van der Waals surface area (Å²) in [5, 5.41) is 4.19. The first kappa shape index (κ1) is 12.2. The van der Waals surface area contributed by atoms with Gasteiger partial charge in [-0.25, -0.2) is 0 Å². The van der Waals surface area contributed by atoms with Crippen LogP contribution in [0, 0.1) is 6.92 Å². The molecule has 1 aliphatic rings. The van der Waals surface area contributed by atoms with E-state index in [1.165, 1.54) is 16.5 Å². The third kappa shape index (κ3) is 1.93. The number of aromatic nitrogens is 1. The zero-order valence-electron chi connectivity index (χ0n) is 11.8. The molecule has 3 heteroatoms. The molecule has 0 saturated heterocycles. The second-order valence-electron chi connectivity index (χ2n) is 5.68. The summed E-state index contributed by atoms with van der Waals surface area (Å²) in [6, 6.07) is 14.4. The highest BCUT2D eigenvalue weighted by molar-refractivity contribution is 6.03. The molecule has 0 aliphatic carbocycles. The number of fused-ring (bicyclic) bond motifs is 2. The SMILES string of the molecule is Cc1cccc2c1C(Cc1ccc3[nH]ccc3c1)C(=O)N2. The number of H-pyrrole nitrogens is 1. The second kappa shape index (κ2) is 4.48. The molecule has 2 heterocycles. The fourth-order valence-electron chi connectivity index (χ4n) is 3.26. The van der Waals surface area contributed by atoms with Crippen molar-refractivity contribution in [2.24, 2.45) is 0 Å². The van der Waals surface area contributed by atoms with Gasteiger partial charge in [0.05, 0.1) is 5.92 Å². The Morgan fingerprint density at radius 2 is 2.05 bits per heavy atom. The van der Waals surface area contributed by atoms with Gasteiger partial charge in [0.2, 0.25) is 5.91 Å². The van der Waals surface area contributed by atoms with E-state index in [2.05, 4.69) is 47.6 Å². The van der Waals surface area contributed by atoms with Gasteiger partial charge in [0, 0.05) is 17.4 Å². The fourth-order valence-corrected chi connectivity index (χ4v) is 3.26. The smallest absolute Gasteiger partial charge is 0.232 e. The zero-order valence-corrected chi connectivity index (χ0v) is 11.8. The summed E-state index contributed by atoms with van der Waals surface area (Å²) in [7, 11) is 0. The molecule has 21 heavy (non-hydrogen) atoms. The zero-order chi connectivity index (χ0) is 14.4. The minimum absolute atomic E-state index is 0.0856. The van der Waals surface area contributed by atoms with Crippen molar-refractivity contribution in [3.05, 3.63) is 65.4 Å². The van der Waals surface area contributed by atoms with E-state index in [0.29, 0.717) is 0 Å². The molecule has 4 rings (SSSR count). The lowest BCUT2D eigenvalue weighted by Gasteiger charge is -2.11. The van der Waals surface area contributed by atoms with Gasteiger partial charge in [-0.05, 0) is 59.7 Å². The molecule has 0 radical (unpaired) electrons. The highest BCUT2D eigenvalue weighted by Gasteiger charge is 2.31. The Labute approximate surface area is 123 Å². The van der Waals surface area contributed by atoms with Crippen LogP contribution in [0.5, 0.6) is 0 Å². The maximum absolute atomic E-state index is 12.3. The lowest BCUT2D eigenvalue weighted by molar-refractivity contribution is -0.117. The standard InChI is InChI=1S/C18H16N2O/c1-11-3-2-4-16-17(11)14(18(21)20-16)10-12-5-6-15-13(9-12)7-8-19-15/h2-9,14,19H,10H2,1H3,(H,20,21). The van der Waals surface area contributed by atoms with Gasteiger partial charge in [-0.15, -0.1) is 0 Å². The van der Waals surface area contributed by atoms with E-state index in [-0.39, 0.29) is 11.8 Å². The third-order valence-corrected chi connectivity index (χ3v) is 4.30. The molecule has 1 aliphatic heterocycles. The van der Waals surface area contributed by atoms with Gasteiger partial charge in [-0.2, -0.15) is 0 Å².